The number of nitrogens with one attached hydrogen (secondary N) is 1. The predicted molar refractivity (Wildman–Crippen MR) is 143 cm³/mol. The molecule has 0 bridgehead atoms. The fourth-order valence-corrected chi connectivity index (χ4v) is 5.53. The van der Waals surface area contributed by atoms with E-state index >= 15 is 0 Å². The van der Waals surface area contributed by atoms with Gasteiger partial charge in [-0.15, -0.1) is 0 Å². The van der Waals surface area contributed by atoms with E-state index in [0.717, 1.165) is 47.2 Å². The SMILES string of the molecule is CCC(=O)N1c2ccccc2NC2=C(C(=O)C[C@H](c3ccco3)C2)[C@H]1c1ccc(N(CC)CC)cc1. The average Bonchev–Trinajstić information content (AvgIpc) is 3.39. The van der Waals surface area contributed by atoms with Crippen molar-refractivity contribution in [2.45, 2.75) is 52.0 Å². The van der Waals surface area contributed by atoms with Gasteiger partial charge in [0.2, 0.25) is 5.91 Å². The van der Waals surface area contributed by atoms with Gasteiger partial charge in [0, 0.05) is 48.8 Å². The van der Waals surface area contributed by atoms with Gasteiger partial charge < -0.3 is 14.6 Å². The zero-order chi connectivity index (χ0) is 25.2. The Bertz CT molecular complexity index is 1270. The van der Waals surface area contributed by atoms with Crippen LogP contribution in [0.15, 0.2) is 82.6 Å². The Hall–Kier alpha value is -3.80. The Balaban J connectivity index is 1.68. The molecule has 1 aromatic heterocycles. The number of carbonyl (C=O) groups is 2. The molecule has 1 aliphatic carbocycles. The van der Waals surface area contributed by atoms with E-state index in [1.807, 2.05) is 48.2 Å². The largest absolute Gasteiger partial charge is 0.469 e. The van der Waals surface area contributed by atoms with Crippen molar-refractivity contribution < 1.29 is 14.0 Å². The quantitative estimate of drug-likeness (QED) is 0.437. The van der Waals surface area contributed by atoms with Gasteiger partial charge >= 0.3 is 0 Å². The maximum Gasteiger partial charge on any atom is 0.227 e. The number of allylic oxidation sites excluding steroid dienone is 1. The van der Waals surface area contributed by atoms with Gasteiger partial charge in [0.05, 0.1) is 23.7 Å². The molecule has 36 heavy (non-hydrogen) atoms. The number of ketones is 1. The predicted octanol–water partition coefficient (Wildman–Crippen LogP) is 6.44. The number of rotatable bonds is 6. The molecule has 0 fully saturated rings. The number of nitrogens with zero attached hydrogens (tertiary/aromatic N) is 2. The van der Waals surface area contributed by atoms with Gasteiger partial charge in [-0.05, 0) is 62.2 Å². The summed E-state index contributed by atoms with van der Waals surface area (Å²) in [4.78, 5) is 31.5. The molecule has 0 saturated heterocycles. The zero-order valence-corrected chi connectivity index (χ0v) is 21.2. The van der Waals surface area contributed by atoms with Crippen molar-refractivity contribution in [3.63, 3.8) is 0 Å². The summed E-state index contributed by atoms with van der Waals surface area (Å²) in [6.45, 7) is 7.98. The molecule has 2 heterocycles. The lowest BCUT2D eigenvalue weighted by atomic mass is 9.80. The Morgan fingerprint density at radius 2 is 1.75 bits per heavy atom. The summed E-state index contributed by atoms with van der Waals surface area (Å²) in [6, 6.07) is 19.5. The average molecular weight is 484 g/mol. The van der Waals surface area contributed by atoms with Crippen molar-refractivity contribution in [1.29, 1.82) is 0 Å². The monoisotopic (exact) mass is 483 g/mol. The van der Waals surface area contributed by atoms with Crippen LogP contribution in [0.5, 0.6) is 0 Å². The number of hydrogen-bond acceptors (Lipinski definition) is 5. The second-order valence-corrected chi connectivity index (χ2v) is 9.36. The number of Topliss-reactive ketones (excluding diaryl/α,β-unsaturated/α-hetero) is 1. The van der Waals surface area contributed by atoms with E-state index in [0.29, 0.717) is 24.8 Å². The third-order valence-corrected chi connectivity index (χ3v) is 7.34. The number of benzene rings is 2. The third kappa shape index (κ3) is 4.21. The van der Waals surface area contributed by atoms with E-state index in [1.54, 1.807) is 6.26 Å². The molecule has 1 aliphatic heterocycles. The first-order valence-electron chi connectivity index (χ1n) is 12.9. The topological polar surface area (TPSA) is 65.8 Å². The summed E-state index contributed by atoms with van der Waals surface area (Å²) < 4.78 is 5.68. The Morgan fingerprint density at radius 3 is 2.42 bits per heavy atom. The number of carbonyl (C=O) groups excluding carboxylic acids is 2. The maximum absolute atomic E-state index is 13.9. The van der Waals surface area contributed by atoms with E-state index in [9.17, 15) is 9.59 Å². The molecule has 3 aromatic rings. The molecule has 186 valence electrons. The molecule has 0 unspecified atom stereocenters. The standard InChI is InChI=1S/C30H33N3O3/c1-4-28(35)33-25-11-8-7-10-23(25)31-24-18-21(27-12-9-17-36-27)19-26(34)29(24)30(33)20-13-15-22(16-14-20)32(5-2)6-3/h7-17,21,30-31H,4-6,18-19H2,1-3H3/t21-,30-/m1/s1. The van der Waals surface area contributed by atoms with Crippen molar-refractivity contribution >= 4 is 28.8 Å². The van der Waals surface area contributed by atoms with Crippen LogP contribution in [-0.2, 0) is 9.59 Å². The van der Waals surface area contributed by atoms with Gasteiger partial charge in [-0.25, -0.2) is 0 Å². The van der Waals surface area contributed by atoms with Crippen LogP contribution in [0.3, 0.4) is 0 Å². The highest BCUT2D eigenvalue weighted by Gasteiger charge is 2.41. The smallest absolute Gasteiger partial charge is 0.227 e. The fraction of sp³-hybridized carbons (Fsp3) is 0.333. The molecule has 0 radical (unpaired) electrons. The fourth-order valence-electron chi connectivity index (χ4n) is 5.53. The molecular formula is C30H33N3O3. The van der Waals surface area contributed by atoms with Gasteiger partial charge in [-0.1, -0.05) is 31.2 Å². The van der Waals surface area contributed by atoms with Crippen LogP contribution in [0.25, 0.3) is 0 Å². The minimum atomic E-state index is -0.501. The van der Waals surface area contributed by atoms with Gasteiger partial charge in [0.25, 0.3) is 0 Å². The maximum atomic E-state index is 13.9. The highest BCUT2D eigenvalue weighted by Crippen LogP contribution is 2.47. The number of amides is 1. The van der Waals surface area contributed by atoms with Crippen LogP contribution in [-0.4, -0.2) is 24.8 Å². The number of furan rings is 1. The lowest BCUT2D eigenvalue weighted by Crippen LogP contribution is -2.38. The van der Waals surface area contributed by atoms with Crippen molar-refractivity contribution in [1.82, 2.24) is 0 Å². The van der Waals surface area contributed by atoms with Crippen LogP contribution in [0.4, 0.5) is 17.1 Å². The Kier molecular flexibility index (Phi) is 6.68. The molecule has 5 rings (SSSR count). The van der Waals surface area contributed by atoms with E-state index in [1.165, 1.54) is 0 Å². The number of hydrogen-bond donors (Lipinski definition) is 1. The van der Waals surface area contributed by atoms with Crippen molar-refractivity contribution in [3.8, 4) is 0 Å². The molecule has 6 heteroatoms. The van der Waals surface area contributed by atoms with Crippen LogP contribution in [0.2, 0.25) is 0 Å². The molecule has 6 nitrogen and oxygen atoms in total. The van der Waals surface area contributed by atoms with Crippen LogP contribution < -0.4 is 15.1 Å². The van der Waals surface area contributed by atoms with Crippen molar-refractivity contribution in [3.05, 3.63) is 89.5 Å². The molecule has 1 amide bonds. The minimum absolute atomic E-state index is 0.0169. The van der Waals surface area contributed by atoms with Gasteiger partial charge in [0.15, 0.2) is 5.78 Å². The summed E-state index contributed by atoms with van der Waals surface area (Å²) in [7, 11) is 0. The highest BCUT2D eigenvalue weighted by atomic mass is 16.3. The van der Waals surface area contributed by atoms with E-state index in [-0.39, 0.29) is 17.6 Å². The minimum Gasteiger partial charge on any atom is -0.469 e. The second-order valence-electron chi connectivity index (χ2n) is 9.36. The first-order valence-corrected chi connectivity index (χ1v) is 12.9. The first-order chi connectivity index (χ1) is 17.5. The first kappa shape index (κ1) is 23.9. The second kappa shape index (κ2) is 10.1. The molecule has 2 aliphatic rings. The molecule has 0 spiro atoms. The summed E-state index contributed by atoms with van der Waals surface area (Å²) in [5.41, 5.74) is 5.23. The lowest BCUT2D eigenvalue weighted by Gasteiger charge is -2.35. The van der Waals surface area contributed by atoms with Gasteiger partial charge in [-0.3, -0.25) is 14.5 Å². The number of anilines is 3. The van der Waals surface area contributed by atoms with Gasteiger partial charge in [-0.2, -0.15) is 0 Å². The van der Waals surface area contributed by atoms with E-state index in [2.05, 4.69) is 48.3 Å². The van der Waals surface area contributed by atoms with E-state index in [4.69, 9.17) is 4.42 Å². The van der Waals surface area contributed by atoms with Crippen LogP contribution >= 0.6 is 0 Å². The lowest BCUT2D eigenvalue weighted by molar-refractivity contribution is -0.119. The van der Waals surface area contributed by atoms with Crippen LogP contribution in [0.1, 0.15) is 63.3 Å². The Morgan fingerprint density at radius 1 is 1.00 bits per heavy atom. The Labute approximate surface area is 212 Å². The molecule has 2 aromatic carbocycles. The third-order valence-electron chi connectivity index (χ3n) is 7.34. The number of para-hydroxylation sites is 2. The zero-order valence-electron chi connectivity index (χ0n) is 21.2. The van der Waals surface area contributed by atoms with E-state index < -0.39 is 6.04 Å². The van der Waals surface area contributed by atoms with Crippen molar-refractivity contribution in [2.24, 2.45) is 0 Å². The molecule has 0 saturated carbocycles. The summed E-state index contributed by atoms with van der Waals surface area (Å²) in [5, 5.41) is 3.56. The summed E-state index contributed by atoms with van der Waals surface area (Å²) >= 11 is 0. The normalized spacial score (nSPS) is 19.3. The summed E-state index contributed by atoms with van der Waals surface area (Å²) in [5.74, 6) is 0.808. The van der Waals surface area contributed by atoms with Crippen LogP contribution in [0, 0.1) is 0 Å². The van der Waals surface area contributed by atoms with Crippen molar-refractivity contribution in [2.75, 3.05) is 28.2 Å². The van der Waals surface area contributed by atoms with Gasteiger partial charge in [0.1, 0.15) is 5.76 Å². The molecular weight excluding hydrogens is 450 g/mol. The molecule has 2 atom stereocenters. The number of fused-ring (bicyclic) bond motifs is 1. The summed E-state index contributed by atoms with van der Waals surface area (Å²) in [6.07, 6.45) is 2.99. The highest BCUT2D eigenvalue weighted by molar-refractivity contribution is 6.06. The molecule has 1 N–H and O–H groups in total.